The van der Waals surface area contributed by atoms with E-state index in [1.807, 2.05) is 6.92 Å². The van der Waals surface area contributed by atoms with Crippen molar-refractivity contribution in [2.75, 3.05) is 6.61 Å². The third-order valence-corrected chi connectivity index (χ3v) is 3.01. The zero-order chi connectivity index (χ0) is 7.72. The molecule has 10 heavy (non-hydrogen) atoms. The van der Waals surface area contributed by atoms with E-state index in [9.17, 15) is 5.11 Å². The number of rotatable bonds is 1. The van der Waals surface area contributed by atoms with E-state index in [1.165, 1.54) is 0 Å². The van der Waals surface area contributed by atoms with Gasteiger partial charge in [0.25, 0.3) is 0 Å². The topological polar surface area (TPSA) is 49.7 Å². The van der Waals surface area contributed by atoms with Crippen molar-refractivity contribution in [3.8, 4) is 0 Å². The van der Waals surface area contributed by atoms with E-state index in [0.29, 0.717) is 0 Å². The average Bonchev–Trinajstić information content (AvgIpc) is 2.17. The highest BCUT2D eigenvalue weighted by Gasteiger charge is 2.38. The monoisotopic (exact) mass is 210 g/mol. The van der Waals surface area contributed by atoms with Gasteiger partial charge in [0.2, 0.25) is 0 Å². The lowest BCUT2D eigenvalue weighted by molar-refractivity contribution is -0.0170. The van der Waals surface area contributed by atoms with Crippen LogP contribution in [-0.2, 0) is 4.74 Å². The van der Waals surface area contributed by atoms with Crippen molar-refractivity contribution in [2.24, 2.45) is 0 Å². The first-order chi connectivity index (χ1) is 4.66. The van der Waals surface area contributed by atoms with Crippen LogP contribution in [-0.4, -0.2) is 40.0 Å². The summed E-state index contributed by atoms with van der Waals surface area (Å²) in [4.78, 5) is -0.0513. The Kier molecular flexibility index (Phi) is 2.68. The first-order valence-corrected chi connectivity index (χ1v) is 4.17. The van der Waals surface area contributed by atoms with Gasteiger partial charge in [-0.15, -0.1) is 0 Å². The molecule has 0 aromatic heterocycles. The van der Waals surface area contributed by atoms with Crippen molar-refractivity contribution in [1.82, 2.24) is 0 Å². The summed E-state index contributed by atoms with van der Waals surface area (Å²) in [6, 6.07) is 0. The normalized spacial score (nSPS) is 48.0. The van der Waals surface area contributed by atoms with Crippen LogP contribution in [0, 0.1) is 0 Å². The smallest absolute Gasteiger partial charge is 0.108 e. The Morgan fingerprint density at radius 2 is 2.20 bits per heavy atom. The number of alkyl halides is 1. The largest absolute Gasteiger partial charge is 0.394 e. The highest BCUT2D eigenvalue weighted by atomic mass is 79.9. The van der Waals surface area contributed by atoms with Crippen LogP contribution in [0.25, 0.3) is 0 Å². The van der Waals surface area contributed by atoms with Crippen molar-refractivity contribution in [3.63, 3.8) is 0 Å². The maximum absolute atomic E-state index is 9.30. The highest BCUT2D eigenvalue weighted by Crippen LogP contribution is 2.26. The molecule has 0 aromatic carbocycles. The molecule has 1 unspecified atom stereocenters. The Balaban J connectivity index is 2.53. The van der Waals surface area contributed by atoms with Crippen molar-refractivity contribution >= 4 is 15.9 Å². The van der Waals surface area contributed by atoms with Gasteiger partial charge in [-0.3, -0.25) is 0 Å². The van der Waals surface area contributed by atoms with Crippen molar-refractivity contribution < 1.29 is 14.9 Å². The summed E-state index contributed by atoms with van der Waals surface area (Å²) < 4.78 is 5.19. The molecular weight excluding hydrogens is 200 g/mol. The van der Waals surface area contributed by atoms with Crippen LogP contribution in [0.3, 0.4) is 0 Å². The predicted molar refractivity (Wildman–Crippen MR) is 40.1 cm³/mol. The molecule has 1 rings (SSSR count). The Morgan fingerprint density at radius 3 is 2.40 bits per heavy atom. The quantitative estimate of drug-likeness (QED) is 0.595. The minimum absolute atomic E-state index is 0.0212. The van der Waals surface area contributed by atoms with E-state index in [-0.39, 0.29) is 17.5 Å². The van der Waals surface area contributed by atoms with Crippen molar-refractivity contribution in [1.29, 1.82) is 0 Å². The zero-order valence-corrected chi connectivity index (χ0v) is 7.28. The van der Waals surface area contributed by atoms with E-state index in [2.05, 4.69) is 15.9 Å². The van der Waals surface area contributed by atoms with Gasteiger partial charge >= 0.3 is 0 Å². The Hall–Kier alpha value is 0.360. The van der Waals surface area contributed by atoms with Crippen molar-refractivity contribution in [3.05, 3.63) is 0 Å². The summed E-state index contributed by atoms with van der Waals surface area (Å²) in [5, 5.41) is 18.0. The van der Waals surface area contributed by atoms with Crippen LogP contribution in [0.5, 0.6) is 0 Å². The average molecular weight is 211 g/mol. The molecule has 3 nitrogen and oxygen atoms in total. The molecule has 1 fully saturated rings. The second-order valence-corrected chi connectivity index (χ2v) is 3.55. The van der Waals surface area contributed by atoms with E-state index in [0.717, 1.165) is 0 Å². The Labute approximate surface area is 68.1 Å². The molecule has 4 heteroatoms. The van der Waals surface area contributed by atoms with Crippen LogP contribution < -0.4 is 0 Å². The van der Waals surface area contributed by atoms with Crippen LogP contribution in [0.2, 0.25) is 0 Å². The standard InChI is InChI=1S/C6H11BrO3/c1-3-5(7)6(9)4(2-8)10-3/h3-6,8-9H,2H2,1H3/t3-,4?,5-,6+/m0/s1. The van der Waals surface area contributed by atoms with Gasteiger partial charge in [0.1, 0.15) is 6.10 Å². The zero-order valence-electron chi connectivity index (χ0n) is 5.70. The summed E-state index contributed by atoms with van der Waals surface area (Å²) in [7, 11) is 0. The third-order valence-electron chi connectivity index (χ3n) is 1.73. The van der Waals surface area contributed by atoms with Gasteiger partial charge in [0.15, 0.2) is 0 Å². The highest BCUT2D eigenvalue weighted by molar-refractivity contribution is 9.09. The second-order valence-electron chi connectivity index (χ2n) is 2.50. The van der Waals surface area contributed by atoms with Gasteiger partial charge < -0.3 is 14.9 Å². The maximum Gasteiger partial charge on any atom is 0.108 e. The number of aliphatic hydroxyl groups is 2. The summed E-state index contributed by atoms with van der Waals surface area (Å²) in [5.41, 5.74) is 0. The number of ether oxygens (including phenoxy) is 1. The summed E-state index contributed by atoms with van der Waals surface area (Å²) in [6.45, 7) is 1.74. The number of halogens is 1. The number of aliphatic hydroxyl groups excluding tert-OH is 2. The fourth-order valence-electron chi connectivity index (χ4n) is 1.07. The molecule has 1 heterocycles. The molecule has 0 amide bonds. The maximum atomic E-state index is 9.30. The minimum atomic E-state index is -0.583. The van der Waals surface area contributed by atoms with Gasteiger partial charge in [-0.2, -0.15) is 0 Å². The third kappa shape index (κ3) is 1.34. The molecule has 0 aromatic rings. The molecule has 2 N–H and O–H groups in total. The first-order valence-electron chi connectivity index (χ1n) is 3.25. The van der Waals surface area contributed by atoms with E-state index in [4.69, 9.17) is 9.84 Å². The van der Waals surface area contributed by atoms with E-state index < -0.39 is 12.2 Å². The fraction of sp³-hybridized carbons (Fsp3) is 1.00. The molecule has 0 saturated carbocycles. The van der Waals surface area contributed by atoms with Crippen LogP contribution in [0.4, 0.5) is 0 Å². The van der Waals surface area contributed by atoms with Gasteiger partial charge in [-0.05, 0) is 6.92 Å². The van der Waals surface area contributed by atoms with Crippen LogP contribution in [0.1, 0.15) is 6.92 Å². The number of hydrogen-bond donors (Lipinski definition) is 2. The fourth-order valence-corrected chi connectivity index (χ4v) is 1.53. The summed E-state index contributed by atoms with van der Waals surface area (Å²) in [6.07, 6.45) is -1.02. The SMILES string of the molecule is C[C@@H]1OC(CO)[C@@H](O)[C@H]1Br. The molecule has 0 bridgehead atoms. The van der Waals surface area contributed by atoms with Crippen LogP contribution in [0.15, 0.2) is 0 Å². The minimum Gasteiger partial charge on any atom is -0.394 e. The van der Waals surface area contributed by atoms with Crippen LogP contribution >= 0.6 is 15.9 Å². The molecule has 1 aliphatic rings. The molecule has 0 aliphatic carbocycles. The summed E-state index contributed by atoms with van der Waals surface area (Å²) >= 11 is 3.26. The van der Waals surface area contributed by atoms with E-state index >= 15 is 0 Å². The molecular formula is C6H11BrO3. The molecule has 0 spiro atoms. The van der Waals surface area contributed by atoms with Gasteiger partial charge in [-0.25, -0.2) is 0 Å². The molecule has 1 aliphatic heterocycles. The molecule has 1 saturated heterocycles. The predicted octanol–water partition coefficient (Wildman–Crippen LogP) is -0.110. The first kappa shape index (κ1) is 8.46. The summed E-state index contributed by atoms with van der Waals surface area (Å²) in [5.74, 6) is 0. The van der Waals surface area contributed by atoms with Gasteiger partial charge in [0, 0.05) is 0 Å². The molecule has 4 atom stereocenters. The molecule has 0 radical (unpaired) electrons. The Bertz CT molecular complexity index is 120. The Morgan fingerprint density at radius 1 is 1.60 bits per heavy atom. The lowest BCUT2D eigenvalue weighted by Crippen LogP contribution is -2.29. The molecule has 60 valence electrons. The van der Waals surface area contributed by atoms with Crippen molar-refractivity contribution in [2.45, 2.75) is 30.1 Å². The van der Waals surface area contributed by atoms with Gasteiger partial charge in [-0.1, -0.05) is 15.9 Å². The second kappa shape index (κ2) is 3.17. The lowest BCUT2D eigenvalue weighted by atomic mass is 10.1. The lowest BCUT2D eigenvalue weighted by Gasteiger charge is -2.10. The number of hydrogen-bond acceptors (Lipinski definition) is 3. The van der Waals surface area contributed by atoms with E-state index in [1.54, 1.807) is 0 Å². The van der Waals surface area contributed by atoms with Gasteiger partial charge in [0.05, 0.1) is 23.6 Å².